The van der Waals surface area contributed by atoms with Crippen LogP contribution >= 0.6 is 22.9 Å². The number of carboxylic acids is 1. The Hall–Kier alpha value is -2.12. The number of hydrogen-bond acceptors (Lipinski definition) is 6. The fraction of sp³-hybridized carbons (Fsp3) is 0.267. The summed E-state index contributed by atoms with van der Waals surface area (Å²) in [6.45, 7) is 0.630. The molecular weight excluding hydrogens is 340 g/mol. The van der Waals surface area contributed by atoms with Crippen LogP contribution in [0.4, 0.5) is 0 Å². The molecule has 0 bridgehead atoms. The standard InChI is InChI=1S/C15H15ClN2O4S/c16-11-3-1-2-4-12(11)22-6-5-17-13(19)8-14-18-10(9-23-14)7-15(20)21/h1-4,9H,5-8H2,(H,17,19)(H,20,21)/p-1. The molecule has 0 aliphatic rings. The molecule has 0 saturated carbocycles. The summed E-state index contributed by atoms with van der Waals surface area (Å²) in [5, 5.41) is 15.9. The number of carboxylic acid groups (broad SMARTS) is 1. The zero-order valence-corrected chi connectivity index (χ0v) is 13.7. The SMILES string of the molecule is O=C([O-])Cc1csc(CC(=O)NCCOc2ccccc2Cl)n1. The highest BCUT2D eigenvalue weighted by Crippen LogP contribution is 2.22. The van der Waals surface area contributed by atoms with Gasteiger partial charge < -0.3 is 20.0 Å². The van der Waals surface area contributed by atoms with Gasteiger partial charge in [-0.05, 0) is 12.1 Å². The average Bonchev–Trinajstić information content (AvgIpc) is 2.91. The minimum Gasteiger partial charge on any atom is -0.550 e. The maximum atomic E-state index is 11.8. The number of benzene rings is 1. The lowest BCUT2D eigenvalue weighted by Crippen LogP contribution is -2.29. The van der Waals surface area contributed by atoms with E-state index in [4.69, 9.17) is 16.3 Å². The first-order valence-electron chi connectivity index (χ1n) is 6.81. The molecule has 2 rings (SSSR count). The molecule has 1 aromatic carbocycles. The number of ether oxygens (including phenoxy) is 1. The minimum atomic E-state index is -1.19. The van der Waals surface area contributed by atoms with Crippen LogP contribution in [-0.4, -0.2) is 30.0 Å². The van der Waals surface area contributed by atoms with Gasteiger partial charge in [-0.1, -0.05) is 23.7 Å². The van der Waals surface area contributed by atoms with Crippen molar-refractivity contribution in [3.05, 3.63) is 45.4 Å². The summed E-state index contributed by atoms with van der Waals surface area (Å²) in [6, 6.07) is 7.09. The average molecular weight is 354 g/mol. The van der Waals surface area contributed by atoms with Crippen molar-refractivity contribution in [1.29, 1.82) is 0 Å². The first kappa shape index (κ1) is 17.2. The van der Waals surface area contributed by atoms with E-state index in [-0.39, 0.29) is 18.7 Å². The number of nitrogens with zero attached hydrogens (tertiary/aromatic N) is 1. The molecule has 1 amide bonds. The molecule has 6 nitrogen and oxygen atoms in total. The van der Waals surface area contributed by atoms with Gasteiger partial charge in [-0.15, -0.1) is 11.3 Å². The van der Waals surface area contributed by atoms with Crippen LogP contribution in [-0.2, 0) is 22.4 Å². The van der Waals surface area contributed by atoms with E-state index >= 15 is 0 Å². The molecule has 1 aromatic heterocycles. The minimum absolute atomic E-state index is 0.101. The second kappa shape index (κ2) is 8.50. The van der Waals surface area contributed by atoms with Gasteiger partial charge in [0.15, 0.2) is 0 Å². The van der Waals surface area contributed by atoms with E-state index in [1.54, 1.807) is 23.6 Å². The third-order valence-corrected chi connectivity index (χ3v) is 3.96. The van der Waals surface area contributed by atoms with Crippen molar-refractivity contribution >= 4 is 34.8 Å². The lowest BCUT2D eigenvalue weighted by atomic mass is 10.3. The first-order valence-corrected chi connectivity index (χ1v) is 8.07. The van der Waals surface area contributed by atoms with E-state index in [9.17, 15) is 14.7 Å². The number of aromatic nitrogens is 1. The van der Waals surface area contributed by atoms with Crippen LogP contribution in [0.25, 0.3) is 0 Å². The van der Waals surface area contributed by atoms with Crippen LogP contribution in [0, 0.1) is 0 Å². The second-order valence-corrected chi connectivity index (χ2v) is 5.94. The van der Waals surface area contributed by atoms with Crippen molar-refractivity contribution in [3.63, 3.8) is 0 Å². The maximum Gasteiger partial charge on any atom is 0.226 e. The Morgan fingerprint density at radius 2 is 2.09 bits per heavy atom. The summed E-state index contributed by atoms with van der Waals surface area (Å²) >= 11 is 7.19. The number of para-hydroxylation sites is 1. The summed E-state index contributed by atoms with van der Waals surface area (Å²) in [5.74, 6) is -0.833. The van der Waals surface area contributed by atoms with E-state index in [1.807, 2.05) is 6.07 Å². The van der Waals surface area contributed by atoms with Crippen molar-refractivity contribution < 1.29 is 19.4 Å². The lowest BCUT2D eigenvalue weighted by molar-refractivity contribution is -0.304. The first-order chi connectivity index (χ1) is 11.0. The molecule has 0 spiro atoms. The van der Waals surface area contributed by atoms with Crippen molar-refractivity contribution in [2.45, 2.75) is 12.8 Å². The molecule has 0 atom stereocenters. The van der Waals surface area contributed by atoms with E-state index in [0.717, 1.165) is 0 Å². The Morgan fingerprint density at radius 1 is 1.30 bits per heavy atom. The Labute approximate surface area is 142 Å². The highest BCUT2D eigenvalue weighted by Gasteiger charge is 2.08. The Kier molecular flexibility index (Phi) is 6.37. The topological polar surface area (TPSA) is 91.3 Å². The predicted octanol–water partition coefficient (Wildman–Crippen LogP) is 0.827. The number of carbonyl (C=O) groups is 2. The normalized spacial score (nSPS) is 10.3. The Balaban J connectivity index is 1.70. The number of nitrogens with one attached hydrogen (secondary N) is 1. The van der Waals surface area contributed by atoms with Gasteiger partial charge in [-0.3, -0.25) is 4.79 Å². The fourth-order valence-corrected chi connectivity index (χ4v) is 2.76. The molecule has 1 N–H and O–H groups in total. The largest absolute Gasteiger partial charge is 0.550 e. The predicted molar refractivity (Wildman–Crippen MR) is 84.5 cm³/mol. The number of hydrogen-bond donors (Lipinski definition) is 1. The molecule has 122 valence electrons. The zero-order chi connectivity index (χ0) is 16.7. The van der Waals surface area contributed by atoms with Gasteiger partial charge in [0.2, 0.25) is 5.91 Å². The molecule has 1 heterocycles. The molecule has 0 aliphatic carbocycles. The third-order valence-electron chi connectivity index (χ3n) is 2.75. The van der Waals surface area contributed by atoms with Crippen molar-refractivity contribution in [2.24, 2.45) is 0 Å². The van der Waals surface area contributed by atoms with E-state index in [2.05, 4.69) is 10.3 Å². The molecule has 0 fully saturated rings. The second-order valence-electron chi connectivity index (χ2n) is 4.59. The molecule has 0 unspecified atom stereocenters. The van der Waals surface area contributed by atoms with Gasteiger partial charge in [0.1, 0.15) is 17.4 Å². The summed E-state index contributed by atoms with van der Waals surface area (Å²) in [6.07, 6.45) is -0.145. The quantitative estimate of drug-likeness (QED) is 0.710. The Morgan fingerprint density at radius 3 is 2.83 bits per heavy atom. The zero-order valence-electron chi connectivity index (χ0n) is 12.1. The molecule has 0 radical (unpaired) electrons. The van der Waals surface area contributed by atoms with E-state index in [0.29, 0.717) is 34.6 Å². The van der Waals surface area contributed by atoms with Crippen LogP contribution in [0.3, 0.4) is 0 Å². The fourth-order valence-electron chi connectivity index (χ4n) is 1.77. The summed E-state index contributed by atoms with van der Waals surface area (Å²) < 4.78 is 5.45. The van der Waals surface area contributed by atoms with Crippen molar-refractivity contribution in [2.75, 3.05) is 13.2 Å². The summed E-state index contributed by atoms with van der Waals surface area (Å²) in [4.78, 5) is 26.3. The highest BCUT2D eigenvalue weighted by molar-refractivity contribution is 7.09. The number of amides is 1. The third kappa shape index (κ3) is 5.88. The number of thiazole rings is 1. The number of rotatable bonds is 8. The molecule has 8 heteroatoms. The molecule has 0 saturated heterocycles. The molecule has 23 heavy (non-hydrogen) atoms. The van der Waals surface area contributed by atoms with E-state index < -0.39 is 5.97 Å². The maximum absolute atomic E-state index is 11.8. The van der Waals surface area contributed by atoms with Gasteiger partial charge in [0.25, 0.3) is 0 Å². The van der Waals surface area contributed by atoms with Gasteiger partial charge in [-0.25, -0.2) is 4.98 Å². The lowest BCUT2D eigenvalue weighted by Gasteiger charge is -2.08. The van der Waals surface area contributed by atoms with Crippen LogP contribution in [0.1, 0.15) is 10.7 Å². The van der Waals surface area contributed by atoms with Gasteiger partial charge >= 0.3 is 0 Å². The number of halogens is 1. The van der Waals surface area contributed by atoms with Crippen molar-refractivity contribution in [3.8, 4) is 5.75 Å². The van der Waals surface area contributed by atoms with Crippen LogP contribution in [0.2, 0.25) is 5.02 Å². The van der Waals surface area contributed by atoms with Crippen LogP contribution in [0.5, 0.6) is 5.75 Å². The smallest absolute Gasteiger partial charge is 0.226 e. The molecular formula is C15H14ClN2O4S-. The van der Waals surface area contributed by atoms with Crippen molar-refractivity contribution in [1.82, 2.24) is 10.3 Å². The Bertz CT molecular complexity index is 690. The monoisotopic (exact) mass is 353 g/mol. The summed E-state index contributed by atoms with van der Waals surface area (Å²) in [5.41, 5.74) is 0.403. The molecule has 2 aromatic rings. The van der Waals surface area contributed by atoms with Crippen LogP contribution < -0.4 is 15.2 Å². The van der Waals surface area contributed by atoms with Gasteiger partial charge in [0, 0.05) is 17.8 Å². The molecule has 0 aliphatic heterocycles. The number of aliphatic carboxylic acids is 1. The van der Waals surface area contributed by atoms with E-state index in [1.165, 1.54) is 11.3 Å². The van der Waals surface area contributed by atoms with Gasteiger partial charge in [-0.2, -0.15) is 0 Å². The highest BCUT2D eigenvalue weighted by atomic mass is 35.5. The number of carbonyl (C=O) groups excluding carboxylic acids is 2. The van der Waals surface area contributed by atoms with Crippen LogP contribution in [0.15, 0.2) is 29.6 Å². The van der Waals surface area contributed by atoms with Gasteiger partial charge in [0.05, 0.1) is 23.7 Å². The summed E-state index contributed by atoms with van der Waals surface area (Å²) in [7, 11) is 0.